The van der Waals surface area contributed by atoms with Gasteiger partial charge in [0, 0.05) is 23.6 Å². The quantitative estimate of drug-likeness (QED) is 0.454. The van der Waals surface area contributed by atoms with Gasteiger partial charge >= 0.3 is 12.2 Å². The van der Waals surface area contributed by atoms with Gasteiger partial charge in [-0.1, -0.05) is 22.6 Å². The maximum Gasteiger partial charge on any atom is 0.410 e. The number of carbonyl (C=O) groups is 2. The average Bonchev–Trinajstić information content (AvgIpc) is 2.48. The zero-order chi connectivity index (χ0) is 20.0. The number of halogens is 1. The minimum Gasteiger partial charge on any atom is -0.444 e. The van der Waals surface area contributed by atoms with E-state index in [0.717, 1.165) is 36.0 Å². The summed E-state index contributed by atoms with van der Waals surface area (Å²) >= 11 is 2.44. The van der Waals surface area contributed by atoms with E-state index in [1.54, 1.807) is 4.90 Å². The van der Waals surface area contributed by atoms with E-state index in [-0.39, 0.29) is 12.1 Å². The van der Waals surface area contributed by atoms with Crippen molar-refractivity contribution in [3.8, 4) is 0 Å². The van der Waals surface area contributed by atoms with Crippen LogP contribution in [0.2, 0.25) is 0 Å². The molecule has 26 heavy (non-hydrogen) atoms. The van der Waals surface area contributed by atoms with Gasteiger partial charge in [0.25, 0.3) is 0 Å². The van der Waals surface area contributed by atoms with Gasteiger partial charge < -0.3 is 19.7 Å². The van der Waals surface area contributed by atoms with Crippen LogP contribution in [0.25, 0.3) is 0 Å². The Balaban J connectivity index is 2.63. The summed E-state index contributed by atoms with van der Waals surface area (Å²) in [5.74, 6) is 0.743. The predicted molar refractivity (Wildman–Crippen MR) is 112 cm³/mol. The first kappa shape index (κ1) is 23.3. The Bertz CT molecular complexity index is 463. The van der Waals surface area contributed by atoms with Crippen LogP contribution in [0.3, 0.4) is 0 Å². The van der Waals surface area contributed by atoms with Crippen LogP contribution in [-0.2, 0) is 9.47 Å². The number of rotatable bonds is 5. The van der Waals surface area contributed by atoms with Crippen molar-refractivity contribution in [3.63, 3.8) is 0 Å². The fourth-order valence-corrected chi connectivity index (χ4v) is 3.83. The highest BCUT2D eigenvalue weighted by Gasteiger charge is 2.31. The van der Waals surface area contributed by atoms with Crippen molar-refractivity contribution >= 4 is 34.8 Å². The summed E-state index contributed by atoms with van der Waals surface area (Å²) in [5.41, 5.74) is -1.07. The molecule has 0 radical (unpaired) electrons. The number of nitrogens with one attached hydrogen (secondary N) is 1. The number of alkyl halides is 1. The summed E-state index contributed by atoms with van der Waals surface area (Å²) in [6.07, 6.45) is 3.47. The summed E-state index contributed by atoms with van der Waals surface area (Å²) in [6, 6.07) is 0.171. The molecule has 0 unspecified atom stereocenters. The van der Waals surface area contributed by atoms with Gasteiger partial charge in [-0.15, -0.1) is 0 Å². The van der Waals surface area contributed by atoms with Crippen LogP contribution >= 0.6 is 22.6 Å². The molecule has 0 heterocycles. The second kappa shape index (κ2) is 9.99. The largest absolute Gasteiger partial charge is 0.444 e. The molecule has 1 rings (SSSR count). The number of hydrogen-bond donors (Lipinski definition) is 1. The van der Waals surface area contributed by atoms with Crippen LogP contribution in [0.1, 0.15) is 67.2 Å². The molecule has 0 spiro atoms. The van der Waals surface area contributed by atoms with E-state index in [2.05, 4.69) is 27.9 Å². The van der Waals surface area contributed by atoms with E-state index in [9.17, 15) is 9.59 Å². The molecule has 0 aromatic heterocycles. The Hall–Kier alpha value is -0.730. The SMILES string of the molecule is CC(C)(C)OC(=O)NCCN(C(=O)OC(C)(C)C)C1CCC(CI)CC1. The van der Waals surface area contributed by atoms with E-state index >= 15 is 0 Å². The minimum absolute atomic E-state index is 0.171. The van der Waals surface area contributed by atoms with E-state index in [4.69, 9.17) is 9.47 Å². The Kier molecular flexibility index (Phi) is 8.96. The molecule has 152 valence electrons. The molecular formula is C19H35IN2O4. The van der Waals surface area contributed by atoms with Crippen molar-refractivity contribution in [3.05, 3.63) is 0 Å². The van der Waals surface area contributed by atoms with E-state index in [0.29, 0.717) is 13.1 Å². The van der Waals surface area contributed by atoms with Crippen LogP contribution in [0, 0.1) is 5.92 Å². The number of carbonyl (C=O) groups excluding carboxylic acids is 2. The number of alkyl carbamates (subject to hydrolysis) is 1. The number of ether oxygens (including phenoxy) is 2. The molecule has 0 saturated heterocycles. The zero-order valence-electron chi connectivity index (χ0n) is 17.1. The smallest absolute Gasteiger partial charge is 0.410 e. The zero-order valence-corrected chi connectivity index (χ0v) is 19.2. The van der Waals surface area contributed by atoms with Gasteiger partial charge in [-0.05, 0) is 73.1 Å². The molecule has 0 bridgehead atoms. The molecule has 1 aliphatic rings. The van der Waals surface area contributed by atoms with Crippen LogP contribution in [0.15, 0.2) is 0 Å². The molecule has 1 saturated carbocycles. The summed E-state index contributed by atoms with van der Waals surface area (Å²) in [6.45, 7) is 11.9. The molecule has 7 heteroatoms. The Morgan fingerprint density at radius 1 is 1.00 bits per heavy atom. The second-order valence-corrected chi connectivity index (χ2v) is 9.81. The standard InChI is InChI=1S/C19H35IN2O4/c1-18(2,3)25-16(23)21-11-12-22(17(24)26-19(4,5)6)15-9-7-14(13-20)8-10-15/h14-15H,7-13H2,1-6H3,(H,21,23). The van der Waals surface area contributed by atoms with Crippen molar-refractivity contribution in [1.29, 1.82) is 0 Å². The highest BCUT2D eigenvalue weighted by atomic mass is 127. The first-order valence-electron chi connectivity index (χ1n) is 9.43. The molecule has 0 atom stereocenters. The van der Waals surface area contributed by atoms with Gasteiger partial charge in [0.15, 0.2) is 0 Å². The molecule has 1 N–H and O–H groups in total. The fourth-order valence-electron chi connectivity index (χ4n) is 2.95. The van der Waals surface area contributed by atoms with Crippen LogP contribution in [-0.4, -0.2) is 51.8 Å². The molecule has 0 aromatic carbocycles. The predicted octanol–water partition coefficient (Wildman–Crippen LogP) is 4.74. The molecule has 6 nitrogen and oxygen atoms in total. The number of hydrogen-bond acceptors (Lipinski definition) is 4. The van der Waals surface area contributed by atoms with Crippen LogP contribution in [0.4, 0.5) is 9.59 Å². The Labute approximate surface area is 171 Å². The summed E-state index contributed by atoms with van der Waals surface area (Å²) < 4.78 is 12.0. The highest BCUT2D eigenvalue weighted by Crippen LogP contribution is 2.29. The normalized spacial score (nSPS) is 21.0. The van der Waals surface area contributed by atoms with Gasteiger partial charge in [-0.3, -0.25) is 0 Å². The lowest BCUT2D eigenvalue weighted by Crippen LogP contribution is -2.48. The summed E-state index contributed by atoms with van der Waals surface area (Å²) in [4.78, 5) is 26.3. The minimum atomic E-state index is -0.535. The molecule has 0 aromatic rings. The van der Waals surface area contributed by atoms with Crippen molar-refractivity contribution < 1.29 is 19.1 Å². The van der Waals surface area contributed by atoms with Crippen molar-refractivity contribution in [2.45, 2.75) is 84.5 Å². The maximum absolute atomic E-state index is 12.7. The van der Waals surface area contributed by atoms with Crippen molar-refractivity contribution in [2.75, 3.05) is 17.5 Å². The molecule has 2 amide bonds. The third-order valence-electron chi connectivity index (χ3n) is 4.12. The third kappa shape index (κ3) is 9.28. The van der Waals surface area contributed by atoms with Crippen LogP contribution in [0.5, 0.6) is 0 Å². The van der Waals surface area contributed by atoms with Gasteiger partial charge in [0.2, 0.25) is 0 Å². The number of nitrogens with zero attached hydrogens (tertiary/aromatic N) is 1. The van der Waals surface area contributed by atoms with E-state index in [1.165, 1.54) is 0 Å². The summed E-state index contributed by atoms with van der Waals surface area (Å²) in [7, 11) is 0. The van der Waals surface area contributed by atoms with E-state index in [1.807, 2.05) is 41.5 Å². The summed E-state index contributed by atoms with van der Waals surface area (Å²) in [5, 5.41) is 2.73. The lowest BCUT2D eigenvalue weighted by Gasteiger charge is -2.37. The average molecular weight is 482 g/mol. The van der Waals surface area contributed by atoms with Crippen molar-refractivity contribution in [1.82, 2.24) is 10.2 Å². The lowest BCUT2D eigenvalue weighted by atomic mass is 9.86. The molecular weight excluding hydrogens is 447 g/mol. The van der Waals surface area contributed by atoms with Crippen molar-refractivity contribution in [2.24, 2.45) is 5.92 Å². The molecule has 1 aliphatic carbocycles. The molecule has 0 aliphatic heterocycles. The second-order valence-electron chi connectivity index (χ2n) is 8.93. The first-order valence-corrected chi connectivity index (χ1v) is 11.0. The fraction of sp³-hybridized carbons (Fsp3) is 0.895. The lowest BCUT2D eigenvalue weighted by molar-refractivity contribution is 0.0101. The third-order valence-corrected chi connectivity index (χ3v) is 5.37. The van der Waals surface area contributed by atoms with Gasteiger partial charge in [0.1, 0.15) is 11.2 Å². The van der Waals surface area contributed by atoms with Crippen LogP contribution < -0.4 is 5.32 Å². The first-order chi connectivity index (χ1) is 11.9. The van der Waals surface area contributed by atoms with Gasteiger partial charge in [0.05, 0.1) is 0 Å². The Morgan fingerprint density at radius 3 is 2.00 bits per heavy atom. The topological polar surface area (TPSA) is 67.9 Å². The highest BCUT2D eigenvalue weighted by molar-refractivity contribution is 14.1. The maximum atomic E-state index is 12.7. The monoisotopic (exact) mass is 482 g/mol. The van der Waals surface area contributed by atoms with E-state index < -0.39 is 17.3 Å². The Morgan fingerprint density at radius 2 is 1.54 bits per heavy atom. The van der Waals surface area contributed by atoms with Gasteiger partial charge in [-0.2, -0.15) is 0 Å². The number of amides is 2. The van der Waals surface area contributed by atoms with Gasteiger partial charge in [-0.25, -0.2) is 9.59 Å². The molecule has 1 fully saturated rings.